The zero-order chi connectivity index (χ0) is 17.7. The van der Waals surface area contributed by atoms with Gasteiger partial charge in [-0.2, -0.15) is 0 Å². The number of amides is 1. The van der Waals surface area contributed by atoms with Gasteiger partial charge in [0.1, 0.15) is 5.75 Å². The Morgan fingerprint density at radius 1 is 1.29 bits per heavy atom. The number of carbonyl (C=O) groups is 1. The molecule has 0 heterocycles. The van der Waals surface area contributed by atoms with Crippen molar-refractivity contribution in [3.05, 3.63) is 66.7 Å². The number of nitro groups is 1. The number of carbonyl (C=O) groups excluding carboxylic acids is 1. The maximum Gasteiger partial charge on any atom is 0.269 e. The van der Waals surface area contributed by atoms with Crippen LogP contribution in [0.4, 0.5) is 5.69 Å². The van der Waals surface area contributed by atoms with E-state index in [1.165, 1.54) is 23.1 Å². The van der Waals surface area contributed by atoms with Crippen LogP contribution < -0.4 is 4.74 Å². The Balaban J connectivity index is 1.97. The van der Waals surface area contributed by atoms with Crippen LogP contribution in [0.3, 0.4) is 0 Å². The first-order valence-electron chi connectivity index (χ1n) is 6.92. The van der Waals surface area contributed by atoms with Gasteiger partial charge in [0.15, 0.2) is 6.61 Å². The Bertz CT molecular complexity index is 752. The maximum atomic E-state index is 12.1. The minimum absolute atomic E-state index is 0.0645. The van der Waals surface area contributed by atoms with Crippen LogP contribution in [0.25, 0.3) is 0 Å². The van der Waals surface area contributed by atoms with Crippen molar-refractivity contribution in [1.29, 1.82) is 0 Å². The third-order valence-corrected chi connectivity index (χ3v) is 4.34. The van der Waals surface area contributed by atoms with Gasteiger partial charge >= 0.3 is 0 Å². The summed E-state index contributed by atoms with van der Waals surface area (Å²) in [4.78, 5) is 23.9. The second kappa shape index (κ2) is 8.29. The molecule has 2 aromatic rings. The first kappa shape index (κ1) is 18.5. The molecule has 8 heteroatoms. The normalized spacial score (nSPS) is 10.3. The summed E-state index contributed by atoms with van der Waals surface area (Å²) in [5.41, 5.74) is 0.446. The average molecular weight is 461 g/mol. The second-order valence-corrected chi connectivity index (χ2v) is 6.68. The molecule has 2 aromatic carbocycles. The predicted octanol–water partition coefficient (Wildman–Crippen LogP) is 3.89. The third kappa shape index (κ3) is 5.07. The number of hydrogen-bond donors (Lipinski definition) is 0. The zero-order valence-electron chi connectivity index (χ0n) is 12.7. The molecular formula is C16H14ClIN2O4. The van der Waals surface area contributed by atoms with E-state index in [2.05, 4.69) is 22.6 Å². The number of non-ortho nitro benzene ring substituents is 1. The fourth-order valence-electron chi connectivity index (χ4n) is 1.93. The van der Waals surface area contributed by atoms with Crippen molar-refractivity contribution in [3.8, 4) is 5.75 Å². The Kier molecular flexibility index (Phi) is 6.38. The van der Waals surface area contributed by atoms with E-state index >= 15 is 0 Å². The summed E-state index contributed by atoms with van der Waals surface area (Å²) in [5.74, 6) is 0.349. The molecular weight excluding hydrogens is 447 g/mol. The number of halogens is 2. The Morgan fingerprint density at radius 2 is 1.96 bits per heavy atom. The molecule has 1 amide bonds. The van der Waals surface area contributed by atoms with E-state index in [-0.39, 0.29) is 24.7 Å². The van der Waals surface area contributed by atoms with Gasteiger partial charge in [0, 0.05) is 34.3 Å². The number of likely N-dealkylation sites (N-methyl/N-ethyl adjacent to an activating group) is 1. The van der Waals surface area contributed by atoms with Gasteiger partial charge in [0.05, 0.1) is 4.92 Å². The van der Waals surface area contributed by atoms with Crippen LogP contribution in [0.15, 0.2) is 42.5 Å². The summed E-state index contributed by atoms with van der Waals surface area (Å²) in [6.45, 7) is 0.0407. The maximum absolute atomic E-state index is 12.1. The molecule has 0 unspecified atom stereocenters. The first-order chi connectivity index (χ1) is 11.4. The van der Waals surface area contributed by atoms with Gasteiger partial charge in [-0.05, 0) is 58.5 Å². The lowest BCUT2D eigenvalue weighted by molar-refractivity contribution is -0.384. The van der Waals surface area contributed by atoms with Crippen molar-refractivity contribution in [3.63, 3.8) is 0 Å². The lowest BCUT2D eigenvalue weighted by atomic mass is 10.2. The van der Waals surface area contributed by atoms with Gasteiger partial charge in [-0.15, -0.1) is 0 Å². The number of nitro benzene ring substituents is 1. The molecule has 0 saturated heterocycles. The molecule has 0 aliphatic heterocycles. The van der Waals surface area contributed by atoms with Crippen LogP contribution in [0, 0.1) is 13.7 Å². The van der Waals surface area contributed by atoms with Crippen molar-refractivity contribution >= 4 is 45.8 Å². The van der Waals surface area contributed by atoms with Gasteiger partial charge < -0.3 is 9.64 Å². The molecule has 2 rings (SSSR count). The van der Waals surface area contributed by atoms with Gasteiger partial charge in [0.2, 0.25) is 0 Å². The highest BCUT2D eigenvalue weighted by atomic mass is 127. The van der Waals surface area contributed by atoms with E-state index in [0.29, 0.717) is 16.3 Å². The fraction of sp³-hybridized carbons (Fsp3) is 0.188. The number of hydrogen-bond acceptors (Lipinski definition) is 4. The summed E-state index contributed by atoms with van der Waals surface area (Å²) in [5, 5.41) is 11.2. The molecule has 0 saturated carbocycles. The van der Waals surface area contributed by atoms with Crippen LogP contribution in [-0.4, -0.2) is 29.4 Å². The Labute approximate surface area is 157 Å². The largest absolute Gasteiger partial charge is 0.484 e. The molecule has 0 spiro atoms. The first-order valence-corrected chi connectivity index (χ1v) is 8.37. The Morgan fingerprint density at radius 3 is 2.58 bits per heavy atom. The van der Waals surface area contributed by atoms with Crippen LogP contribution in [0.1, 0.15) is 5.56 Å². The molecule has 0 fully saturated rings. The van der Waals surface area contributed by atoms with E-state index in [0.717, 1.165) is 3.57 Å². The molecule has 0 aliphatic rings. The molecule has 0 aliphatic carbocycles. The van der Waals surface area contributed by atoms with E-state index in [4.69, 9.17) is 16.3 Å². The van der Waals surface area contributed by atoms with Crippen LogP contribution in [0.5, 0.6) is 5.75 Å². The van der Waals surface area contributed by atoms with Gasteiger partial charge in [-0.3, -0.25) is 14.9 Å². The number of benzene rings is 2. The molecule has 0 radical (unpaired) electrons. The monoisotopic (exact) mass is 460 g/mol. The van der Waals surface area contributed by atoms with Crippen molar-refractivity contribution in [2.75, 3.05) is 13.7 Å². The third-order valence-electron chi connectivity index (χ3n) is 3.25. The van der Waals surface area contributed by atoms with E-state index in [1.54, 1.807) is 19.2 Å². The van der Waals surface area contributed by atoms with E-state index < -0.39 is 4.92 Å². The summed E-state index contributed by atoms with van der Waals surface area (Å²) < 4.78 is 6.51. The second-order valence-electron chi connectivity index (χ2n) is 5.03. The highest BCUT2D eigenvalue weighted by Gasteiger charge is 2.15. The number of ether oxygens (including phenoxy) is 1. The molecule has 126 valence electrons. The van der Waals surface area contributed by atoms with Crippen molar-refractivity contribution in [2.45, 2.75) is 6.54 Å². The molecule has 6 nitrogen and oxygen atoms in total. The molecule has 0 aromatic heterocycles. The van der Waals surface area contributed by atoms with E-state index in [9.17, 15) is 14.9 Å². The fourth-order valence-corrected chi connectivity index (χ4v) is 2.46. The SMILES string of the molecule is CN(Cc1cc([N+](=O)[O-])ccc1Cl)C(=O)COc1ccc(I)cc1. The van der Waals surface area contributed by atoms with Crippen molar-refractivity contribution in [1.82, 2.24) is 4.90 Å². The topological polar surface area (TPSA) is 72.7 Å². The van der Waals surface area contributed by atoms with Gasteiger partial charge in [-0.1, -0.05) is 11.6 Å². The van der Waals surface area contributed by atoms with Crippen molar-refractivity contribution in [2.24, 2.45) is 0 Å². The standard InChI is InChI=1S/C16H14ClIN2O4/c1-19(9-11-8-13(20(22)23)4-7-15(11)17)16(21)10-24-14-5-2-12(18)3-6-14/h2-8H,9-10H2,1H3. The molecule has 24 heavy (non-hydrogen) atoms. The number of nitrogens with zero attached hydrogens (tertiary/aromatic N) is 2. The zero-order valence-corrected chi connectivity index (χ0v) is 15.7. The minimum atomic E-state index is -0.498. The molecule has 0 bridgehead atoms. The highest BCUT2D eigenvalue weighted by Crippen LogP contribution is 2.23. The summed E-state index contributed by atoms with van der Waals surface area (Å²) >= 11 is 8.23. The van der Waals surface area contributed by atoms with Gasteiger partial charge in [-0.25, -0.2) is 0 Å². The lowest BCUT2D eigenvalue weighted by Crippen LogP contribution is -2.31. The summed E-state index contributed by atoms with van der Waals surface area (Å²) in [6.07, 6.45) is 0. The lowest BCUT2D eigenvalue weighted by Gasteiger charge is -2.18. The molecule has 0 atom stereocenters. The minimum Gasteiger partial charge on any atom is -0.484 e. The molecule has 0 N–H and O–H groups in total. The number of rotatable bonds is 6. The van der Waals surface area contributed by atoms with Crippen LogP contribution >= 0.6 is 34.2 Å². The van der Waals surface area contributed by atoms with Gasteiger partial charge in [0.25, 0.3) is 11.6 Å². The summed E-state index contributed by atoms with van der Waals surface area (Å²) in [7, 11) is 1.59. The average Bonchev–Trinajstić information content (AvgIpc) is 2.55. The van der Waals surface area contributed by atoms with Crippen molar-refractivity contribution < 1.29 is 14.5 Å². The quantitative estimate of drug-likeness (QED) is 0.372. The Hall–Kier alpha value is -1.87. The highest BCUT2D eigenvalue weighted by molar-refractivity contribution is 14.1. The predicted molar refractivity (Wildman–Crippen MR) is 99.2 cm³/mol. The smallest absolute Gasteiger partial charge is 0.269 e. The van der Waals surface area contributed by atoms with Crippen LogP contribution in [0.2, 0.25) is 5.02 Å². The summed E-state index contributed by atoms with van der Waals surface area (Å²) in [6, 6.07) is 11.5. The van der Waals surface area contributed by atoms with Crippen LogP contribution in [-0.2, 0) is 11.3 Å². The van der Waals surface area contributed by atoms with E-state index in [1.807, 2.05) is 12.1 Å².